The van der Waals surface area contributed by atoms with Crippen molar-refractivity contribution in [2.75, 3.05) is 0 Å². The Hall–Kier alpha value is -1.33. The molecule has 0 amide bonds. The van der Waals surface area contributed by atoms with E-state index in [2.05, 4.69) is 25.9 Å². The maximum atomic E-state index is 13.3. The first-order valence-corrected chi connectivity index (χ1v) is 5.90. The number of halogens is 3. The summed E-state index contributed by atoms with van der Waals surface area (Å²) in [6, 6.07) is 4.40. The normalized spacial score (nSPS) is 11.2. The van der Waals surface area contributed by atoms with Crippen LogP contribution in [0.15, 0.2) is 33.6 Å². The van der Waals surface area contributed by atoms with Gasteiger partial charge in [0, 0.05) is 10.9 Å². The van der Waals surface area contributed by atoms with Crippen molar-refractivity contribution in [3.05, 3.63) is 40.2 Å². The highest BCUT2D eigenvalue weighted by atomic mass is 79.9. The summed E-state index contributed by atoms with van der Waals surface area (Å²) in [6.45, 7) is 0. The highest BCUT2D eigenvalue weighted by Gasteiger charge is 2.18. The average molecular weight is 316 g/mol. The molecule has 0 aliphatic heterocycles. The lowest BCUT2D eigenvalue weighted by Crippen LogP contribution is -1.76. The predicted molar refractivity (Wildman–Crippen MR) is 66.5 cm³/mol. The first kappa shape index (κ1) is 10.8. The number of nitrogens with zero attached hydrogens (tertiary/aromatic N) is 1. The molecule has 3 nitrogen and oxygen atoms in total. The Labute approximate surface area is 109 Å². The summed E-state index contributed by atoms with van der Waals surface area (Å²) < 4.78 is 19.0. The lowest BCUT2D eigenvalue weighted by atomic mass is 10.1. The van der Waals surface area contributed by atoms with Crippen LogP contribution in [-0.2, 0) is 0 Å². The third-order valence-electron chi connectivity index (χ3n) is 2.47. The monoisotopic (exact) mass is 314 g/mol. The van der Waals surface area contributed by atoms with Gasteiger partial charge in [-0.1, -0.05) is 11.6 Å². The van der Waals surface area contributed by atoms with E-state index in [1.165, 1.54) is 18.5 Å². The summed E-state index contributed by atoms with van der Waals surface area (Å²) in [5.41, 5.74) is 1.35. The average Bonchev–Trinajstić information content (AvgIpc) is 2.81. The fourth-order valence-electron chi connectivity index (χ4n) is 1.75. The van der Waals surface area contributed by atoms with Gasteiger partial charge in [0.2, 0.25) is 0 Å². The van der Waals surface area contributed by atoms with Crippen molar-refractivity contribution < 1.29 is 8.81 Å². The van der Waals surface area contributed by atoms with E-state index in [1.54, 1.807) is 6.07 Å². The number of hydrogen-bond acceptors (Lipinski definition) is 2. The lowest BCUT2D eigenvalue weighted by molar-refractivity contribution is 0.572. The van der Waals surface area contributed by atoms with Crippen molar-refractivity contribution >= 4 is 38.4 Å². The number of fused-ring (bicyclic) bond motifs is 1. The van der Waals surface area contributed by atoms with Crippen LogP contribution in [0.4, 0.5) is 4.39 Å². The largest absolute Gasteiger partial charge is 0.442 e. The van der Waals surface area contributed by atoms with Gasteiger partial charge >= 0.3 is 0 Å². The summed E-state index contributed by atoms with van der Waals surface area (Å²) in [7, 11) is 0. The van der Waals surface area contributed by atoms with Crippen LogP contribution < -0.4 is 0 Å². The van der Waals surface area contributed by atoms with Gasteiger partial charge in [0.15, 0.2) is 16.8 Å². The Morgan fingerprint density at radius 1 is 1.41 bits per heavy atom. The molecule has 2 aromatic heterocycles. The van der Waals surface area contributed by atoms with E-state index in [-0.39, 0.29) is 5.82 Å². The molecule has 2 heterocycles. The number of oxazole rings is 1. The molecule has 86 valence electrons. The smallest absolute Gasteiger partial charge is 0.182 e. The van der Waals surface area contributed by atoms with Crippen LogP contribution in [-0.4, -0.2) is 9.97 Å². The summed E-state index contributed by atoms with van der Waals surface area (Å²) in [4.78, 5) is 6.89. The lowest BCUT2D eigenvalue weighted by Gasteiger charge is -1.96. The quantitative estimate of drug-likeness (QED) is 0.724. The molecule has 0 atom stereocenters. The van der Waals surface area contributed by atoms with E-state index < -0.39 is 0 Å². The fourth-order valence-corrected chi connectivity index (χ4v) is 2.41. The molecule has 0 aliphatic carbocycles. The Balaban J connectivity index is 2.39. The summed E-state index contributed by atoms with van der Waals surface area (Å²) >= 11 is 9.35. The van der Waals surface area contributed by atoms with Crippen molar-refractivity contribution in [3.63, 3.8) is 0 Å². The third kappa shape index (κ3) is 1.66. The van der Waals surface area contributed by atoms with Gasteiger partial charge in [-0.05, 0) is 34.1 Å². The van der Waals surface area contributed by atoms with E-state index in [9.17, 15) is 4.39 Å². The van der Waals surface area contributed by atoms with Gasteiger partial charge in [0.1, 0.15) is 11.0 Å². The number of aromatic nitrogens is 2. The zero-order valence-electron chi connectivity index (χ0n) is 8.30. The number of aromatic amines is 1. The minimum absolute atomic E-state index is 0.329. The van der Waals surface area contributed by atoms with Crippen molar-refractivity contribution in [3.8, 4) is 11.3 Å². The summed E-state index contributed by atoms with van der Waals surface area (Å²) in [6.07, 6.45) is 1.30. The van der Waals surface area contributed by atoms with E-state index in [0.717, 1.165) is 5.52 Å². The molecule has 3 rings (SSSR count). The van der Waals surface area contributed by atoms with Gasteiger partial charge in [0.25, 0.3) is 0 Å². The maximum Gasteiger partial charge on any atom is 0.182 e. The fraction of sp³-hybridized carbons (Fsp3) is 0. The molecule has 1 aromatic carbocycles. The first-order chi connectivity index (χ1) is 8.16. The van der Waals surface area contributed by atoms with Gasteiger partial charge in [-0.25, -0.2) is 9.37 Å². The second kappa shape index (κ2) is 3.85. The zero-order chi connectivity index (χ0) is 12.0. The van der Waals surface area contributed by atoms with Crippen molar-refractivity contribution in [1.82, 2.24) is 9.97 Å². The molecule has 0 spiro atoms. The highest BCUT2D eigenvalue weighted by Crippen LogP contribution is 2.38. The first-order valence-electron chi connectivity index (χ1n) is 4.73. The van der Waals surface area contributed by atoms with Crippen molar-refractivity contribution in [1.29, 1.82) is 0 Å². The van der Waals surface area contributed by atoms with Gasteiger partial charge in [-0.15, -0.1) is 0 Å². The van der Waals surface area contributed by atoms with E-state index in [0.29, 0.717) is 26.5 Å². The summed E-state index contributed by atoms with van der Waals surface area (Å²) in [5, 5.41) is 1.05. The van der Waals surface area contributed by atoms with Crippen LogP contribution in [0.1, 0.15) is 0 Å². The highest BCUT2D eigenvalue weighted by molar-refractivity contribution is 9.10. The number of rotatable bonds is 1. The Morgan fingerprint density at radius 3 is 2.94 bits per heavy atom. The van der Waals surface area contributed by atoms with E-state index in [1.807, 2.05) is 0 Å². The molecule has 1 N–H and O–H groups in total. The molecule has 3 aromatic rings. The molecule has 0 aliphatic rings. The molecule has 6 heteroatoms. The number of benzene rings is 1. The number of hydrogen-bond donors (Lipinski definition) is 1. The molecule has 0 bridgehead atoms. The van der Waals surface area contributed by atoms with Gasteiger partial charge < -0.3 is 9.40 Å². The minimum Gasteiger partial charge on any atom is -0.442 e. The van der Waals surface area contributed by atoms with E-state index >= 15 is 0 Å². The SMILES string of the molecule is Fc1ccc2[nH]c(Cl)c(-c3ocnc3Br)c2c1. The number of nitrogens with one attached hydrogen (secondary N) is 1. The molecule has 0 saturated heterocycles. The third-order valence-corrected chi connectivity index (χ3v) is 3.31. The molecule has 0 unspecified atom stereocenters. The van der Waals surface area contributed by atoms with Gasteiger partial charge in [-0.2, -0.15) is 0 Å². The van der Waals surface area contributed by atoms with Crippen LogP contribution in [0.25, 0.3) is 22.2 Å². The predicted octanol–water partition coefficient (Wildman–Crippen LogP) is 4.38. The van der Waals surface area contributed by atoms with Gasteiger partial charge in [-0.3, -0.25) is 0 Å². The molecule has 0 fully saturated rings. The van der Waals surface area contributed by atoms with Crippen molar-refractivity contribution in [2.24, 2.45) is 0 Å². The zero-order valence-corrected chi connectivity index (χ0v) is 10.6. The van der Waals surface area contributed by atoms with E-state index in [4.69, 9.17) is 16.0 Å². The number of H-pyrrole nitrogens is 1. The van der Waals surface area contributed by atoms with Crippen LogP contribution in [0.3, 0.4) is 0 Å². The van der Waals surface area contributed by atoms with Crippen LogP contribution in [0.2, 0.25) is 5.15 Å². The van der Waals surface area contributed by atoms with Crippen LogP contribution in [0.5, 0.6) is 0 Å². The molecule has 17 heavy (non-hydrogen) atoms. The van der Waals surface area contributed by atoms with Crippen LogP contribution >= 0.6 is 27.5 Å². The molecule has 0 saturated carbocycles. The Morgan fingerprint density at radius 2 is 2.24 bits per heavy atom. The Kier molecular flexibility index (Phi) is 2.45. The summed E-state index contributed by atoms with van der Waals surface area (Å²) in [5.74, 6) is 0.150. The minimum atomic E-state index is -0.329. The second-order valence-electron chi connectivity index (χ2n) is 3.48. The molecular formula is C11H5BrClFN2O. The van der Waals surface area contributed by atoms with Crippen molar-refractivity contribution in [2.45, 2.75) is 0 Å². The standard InChI is InChI=1S/C11H5BrClFN2O/c12-10-9(17-4-15-10)8-6-3-5(14)1-2-7(6)16-11(8)13/h1-4,16H. The van der Waals surface area contributed by atoms with Gasteiger partial charge in [0.05, 0.1) is 5.56 Å². The Bertz CT molecular complexity index is 707. The van der Waals surface area contributed by atoms with Crippen LogP contribution in [0, 0.1) is 5.82 Å². The molecule has 0 radical (unpaired) electrons. The maximum absolute atomic E-state index is 13.3. The molecular weight excluding hydrogens is 310 g/mol. The second-order valence-corrected chi connectivity index (χ2v) is 4.61. The topological polar surface area (TPSA) is 41.8 Å².